The third-order valence-corrected chi connectivity index (χ3v) is 9.56. The van der Waals surface area contributed by atoms with Gasteiger partial charge in [0, 0.05) is 50.7 Å². The van der Waals surface area contributed by atoms with Crippen LogP contribution in [-0.2, 0) is 27.7 Å². The molecule has 1 amide bonds. The van der Waals surface area contributed by atoms with Crippen LogP contribution in [0.25, 0.3) is 0 Å². The Morgan fingerprint density at radius 1 is 1.03 bits per heavy atom. The van der Waals surface area contributed by atoms with Crippen LogP contribution < -0.4 is 0 Å². The molecule has 1 aromatic carbocycles. The van der Waals surface area contributed by atoms with Crippen LogP contribution in [0.1, 0.15) is 57.6 Å². The summed E-state index contributed by atoms with van der Waals surface area (Å²) in [5.41, 5.74) is 2.49. The normalized spacial score (nSPS) is 25.7. The largest absolute Gasteiger partial charge is 0.341 e. The summed E-state index contributed by atoms with van der Waals surface area (Å²) in [4.78, 5) is 17.4. The molecule has 2 aliphatic heterocycles. The molecule has 1 aromatic rings. The molecule has 2 saturated heterocycles. The number of nitrogens with zero attached hydrogens (tertiary/aromatic N) is 3. The van der Waals surface area contributed by atoms with E-state index in [-0.39, 0.29) is 17.4 Å². The van der Waals surface area contributed by atoms with Crippen molar-refractivity contribution in [2.24, 2.45) is 5.92 Å². The number of carbonyl (C=O) groups is 1. The lowest BCUT2D eigenvalue weighted by molar-refractivity contribution is -0.134. The summed E-state index contributed by atoms with van der Waals surface area (Å²) < 4.78 is 28.3. The number of carbonyl (C=O) groups excluding carboxylic acids is 1. The number of rotatable bonds is 5. The molecule has 3 aliphatic rings. The maximum Gasteiger partial charge on any atom is 0.243 e. The lowest BCUT2D eigenvalue weighted by Crippen LogP contribution is -2.59. The minimum atomic E-state index is -3.46. The molecule has 0 spiro atoms. The number of hydrogen-bond donors (Lipinski definition) is 0. The van der Waals surface area contributed by atoms with Gasteiger partial charge < -0.3 is 4.90 Å². The van der Waals surface area contributed by atoms with Crippen LogP contribution in [0.15, 0.2) is 23.1 Å². The Morgan fingerprint density at radius 3 is 2.35 bits per heavy atom. The summed E-state index contributed by atoms with van der Waals surface area (Å²) in [5, 5.41) is 0. The van der Waals surface area contributed by atoms with E-state index >= 15 is 0 Å². The SMILES string of the molecule is CCC1(N2CCN(S(=O)(=O)c3ccc4c(c3)CCCC4)CC2)CCN(C(=O)C(C)C)C1. The molecule has 0 N–H and O–H groups in total. The van der Waals surface area contributed by atoms with Crippen LogP contribution in [0.2, 0.25) is 0 Å². The topological polar surface area (TPSA) is 60.9 Å². The Morgan fingerprint density at radius 2 is 1.71 bits per heavy atom. The standard InChI is InChI=1S/C24H37N3O3S/c1-4-24(11-12-25(18-24)23(28)19(2)3)26-13-15-27(16-14-26)31(29,30)22-10-9-20-7-5-6-8-21(20)17-22/h9-10,17,19H,4-8,11-16,18H2,1-3H3. The zero-order valence-electron chi connectivity index (χ0n) is 19.3. The van der Waals surface area contributed by atoms with Crippen molar-refractivity contribution in [3.8, 4) is 0 Å². The van der Waals surface area contributed by atoms with Gasteiger partial charge in [-0.15, -0.1) is 0 Å². The van der Waals surface area contributed by atoms with Gasteiger partial charge >= 0.3 is 0 Å². The van der Waals surface area contributed by atoms with Crippen molar-refractivity contribution in [3.63, 3.8) is 0 Å². The Hall–Kier alpha value is -1.44. The van der Waals surface area contributed by atoms with E-state index < -0.39 is 10.0 Å². The third-order valence-electron chi connectivity index (χ3n) is 7.66. The van der Waals surface area contributed by atoms with Gasteiger partial charge in [0.25, 0.3) is 0 Å². The van der Waals surface area contributed by atoms with Crippen molar-refractivity contribution < 1.29 is 13.2 Å². The van der Waals surface area contributed by atoms with Crippen molar-refractivity contribution in [3.05, 3.63) is 29.3 Å². The zero-order chi connectivity index (χ0) is 22.2. The quantitative estimate of drug-likeness (QED) is 0.696. The van der Waals surface area contributed by atoms with Gasteiger partial charge in [0.05, 0.1) is 4.90 Å². The van der Waals surface area contributed by atoms with E-state index in [0.29, 0.717) is 18.0 Å². The van der Waals surface area contributed by atoms with Crippen LogP contribution in [0, 0.1) is 5.92 Å². The molecular formula is C24H37N3O3S. The zero-order valence-corrected chi connectivity index (χ0v) is 20.1. The highest BCUT2D eigenvalue weighted by atomic mass is 32.2. The first-order valence-corrected chi connectivity index (χ1v) is 13.4. The van der Waals surface area contributed by atoms with Gasteiger partial charge in [0.1, 0.15) is 0 Å². The minimum Gasteiger partial charge on any atom is -0.341 e. The smallest absolute Gasteiger partial charge is 0.243 e. The number of piperazine rings is 1. The van der Waals surface area contributed by atoms with E-state index in [1.807, 2.05) is 30.9 Å². The lowest BCUT2D eigenvalue weighted by Gasteiger charge is -2.45. The van der Waals surface area contributed by atoms with Crippen LogP contribution in [0.5, 0.6) is 0 Å². The van der Waals surface area contributed by atoms with Crippen LogP contribution in [0.3, 0.4) is 0 Å². The van der Waals surface area contributed by atoms with Crippen molar-refractivity contribution in [1.29, 1.82) is 0 Å². The number of aryl methyl sites for hydroxylation is 2. The van der Waals surface area contributed by atoms with Crippen LogP contribution in [-0.4, -0.2) is 73.2 Å². The summed E-state index contributed by atoms with van der Waals surface area (Å²) in [6, 6.07) is 5.73. The van der Waals surface area contributed by atoms with Crippen molar-refractivity contribution in [2.75, 3.05) is 39.3 Å². The molecule has 2 fully saturated rings. The van der Waals surface area contributed by atoms with E-state index in [0.717, 1.165) is 58.3 Å². The summed E-state index contributed by atoms with van der Waals surface area (Å²) >= 11 is 0. The second-order valence-corrected chi connectivity index (χ2v) is 11.7. The molecule has 2 heterocycles. The lowest BCUT2D eigenvalue weighted by atomic mass is 9.92. The van der Waals surface area contributed by atoms with Gasteiger partial charge in [-0.2, -0.15) is 4.31 Å². The number of likely N-dealkylation sites (tertiary alicyclic amines) is 1. The van der Waals surface area contributed by atoms with Gasteiger partial charge in [-0.1, -0.05) is 26.8 Å². The number of sulfonamides is 1. The molecule has 1 aliphatic carbocycles. The summed E-state index contributed by atoms with van der Waals surface area (Å²) in [7, 11) is -3.46. The predicted molar refractivity (Wildman–Crippen MR) is 122 cm³/mol. The fraction of sp³-hybridized carbons (Fsp3) is 0.708. The second-order valence-electron chi connectivity index (χ2n) is 9.77. The number of fused-ring (bicyclic) bond motifs is 1. The molecule has 4 rings (SSSR count). The van der Waals surface area contributed by atoms with Crippen molar-refractivity contribution >= 4 is 15.9 Å². The fourth-order valence-corrected chi connectivity index (χ4v) is 7.08. The maximum atomic E-state index is 13.3. The van der Waals surface area contributed by atoms with Crippen LogP contribution >= 0.6 is 0 Å². The number of benzene rings is 1. The summed E-state index contributed by atoms with van der Waals surface area (Å²) in [6.07, 6.45) is 6.33. The fourth-order valence-electron chi connectivity index (χ4n) is 5.60. The molecule has 172 valence electrons. The second kappa shape index (κ2) is 8.83. The summed E-state index contributed by atoms with van der Waals surface area (Å²) in [5.74, 6) is 0.246. The molecule has 31 heavy (non-hydrogen) atoms. The third kappa shape index (κ3) is 4.29. The summed E-state index contributed by atoms with van der Waals surface area (Å²) in [6.45, 7) is 10.1. The van der Waals surface area contributed by atoms with Gasteiger partial charge in [0.2, 0.25) is 15.9 Å². The average molecular weight is 448 g/mol. The molecule has 0 aromatic heterocycles. The molecule has 7 heteroatoms. The molecular weight excluding hydrogens is 410 g/mol. The van der Waals surface area contributed by atoms with E-state index in [9.17, 15) is 13.2 Å². The van der Waals surface area contributed by atoms with E-state index in [1.54, 1.807) is 10.4 Å². The Kier molecular flexibility index (Phi) is 6.48. The number of hydrogen-bond acceptors (Lipinski definition) is 4. The van der Waals surface area contributed by atoms with Gasteiger partial charge in [-0.25, -0.2) is 8.42 Å². The van der Waals surface area contributed by atoms with Crippen molar-refractivity contribution in [2.45, 2.75) is 69.7 Å². The molecule has 6 nitrogen and oxygen atoms in total. The highest BCUT2D eigenvalue weighted by Gasteiger charge is 2.45. The van der Waals surface area contributed by atoms with Crippen LogP contribution in [0.4, 0.5) is 0 Å². The molecule has 1 unspecified atom stereocenters. The van der Waals surface area contributed by atoms with Gasteiger partial charge in [0.15, 0.2) is 0 Å². The molecule has 0 bridgehead atoms. The van der Waals surface area contributed by atoms with Gasteiger partial charge in [-0.3, -0.25) is 9.69 Å². The first-order valence-electron chi connectivity index (χ1n) is 11.9. The molecule has 0 saturated carbocycles. The average Bonchev–Trinajstić information content (AvgIpc) is 3.24. The maximum absolute atomic E-state index is 13.3. The first kappa shape index (κ1) is 22.7. The highest BCUT2D eigenvalue weighted by Crippen LogP contribution is 2.34. The van der Waals surface area contributed by atoms with E-state index in [4.69, 9.17) is 0 Å². The number of amides is 1. The van der Waals surface area contributed by atoms with Gasteiger partial charge in [-0.05, 0) is 61.8 Å². The first-order chi connectivity index (χ1) is 14.8. The minimum absolute atomic E-state index is 0.0197. The Bertz CT molecular complexity index is 922. The Balaban J connectivity index is 1.44. The van der Waals surface area contributed by atoms with E-state index in [1.165, 1.54) is 17.5 Å². The highest BCUT2D eigenvalue weighted by molar-refractivity contribution is 7.89. The monoisotopic (exact) mass is 447 g/mol. The van der Waals surface area contributed by atoms with E-state index in [2.05, 4.69) is 11.8 Å². The molecule has 1 atom stereocenters. The Labute approximate surface area is 187 Å². The molecule has 0 radical (unpaired) electrons. The van der Waals surface area contributed by atoms with Crippen molar-refractivity contribution in [1.82, 2.24) is 14.1 Å². The predicted octanol–water partition coefficient (Wildman–Crippen LogP) is 2.91.